The van der Waals surface area contributed by atoms with Crippen molar-refractivity contribution in [1.29, 1.82) is 0 Å². The second-order valence-corrected chi connectivity index (χ2v) is 6.62. The Labute approximate surface area is 114 Å². The van der Waals surface area contributed by atoms with Crippen LogP contribution in [0.5, 0.6) is 0 Å². The second kappa shape index (κ2) is 7.79. The Morgan fingerprint density at radius 2 is 1.94 bits per heavy atom. The quantitative estimate of drug-likeness (QED) is 0.788. The lowest BCUT2D eigenvalue weighted by Gasteiger charge is -2.13. The number of aliphatic hydroxyl groups is 1. The van der Waals surface area contributed by atoms with Crippen LogP contribution >= 0.6 is 11.8 Å². The van der Waals surface area contributed by atoms with Crippen molar-refractivity contribution in [3.63, 3.8) is 0 Å². The summed E-state index contributed by atoms with van der Waals surface area (Å²) in [5.74, 6) is 3.97. The van der Waals surface area contributed by atoms with Crippen molar-refractivity contribution < 1.29 is 5.11 Å². The van der Waals surface area contributed by atoms with Crippen LogP contribution in [0.2, 0.25) is 0 Å². The van der Waals surface area contributed by atoms with E-state index < -0.39 is 0 Å². The van der Waals surface area contributed by atoms with Gasteiger partial charge in [0.05, 0.1) is 6.10 Å². The molecule has 0 saturated carbocycles. The van der Waals surface area contributed by atoms with E-state index in [2.05, 4.69) is 37.8 Å². The van der Waals surface area contributed by atoms with Crippen LogP contribution in [-0.4, -0.2) is 37.5 Å². The van der Waals surface area contributed by atoms with E-state index in [0.717, 1.165) is 23.9 Å². The number of rotatable bonds is 8. The lowest BCUT2D eigenvalue weighted by atomic mass is 10.2. The molecule has 0 amide bonds. The number of hydrogen-bond acceptors (Lipinski definition) is 4. The second-order valence-electron chi connectivity index (χ2n) is 5.54. The zero-order valence-corrected chi connectivity index (χ0v) is 12.7. The van der Waals surface area contributed by atoms with Gasteiger partial charge in [0.25, 0.3) is 0 Å². The number of nitrogens with zero attached hydrogens (tertiary/aromatic N) is 3. The molecule has 0 aromatic carbocycles. The summed E-state index contributed by atoms with van der Waals surface area (Å²) in [5, 5.41) is 14.2. The SMILES string of the molecule is CC(C)CSCC(O)Cc1ncnn1CC(C)C. The molecule has 1 N–H and O–H groups in total. The largest absolute Gasteiger partial charge is 0.392 e. The number of aliphatic hydroxyl groups excluding tert-OH is 1. The third kappa shape index (κ3) is 5.87. The van der Waals surface area contributed by atoms with Crippen molar-refractivity contribution in [2.75, 3.05) is 11.5 Å². The predicted molar refractivity (Wildman–Crippen MR) is 76.7 cm³/mol. The fraction of sp³-hybridized carbons (Fsp3) is 0.846. The molecule has 0 aliphatic rings. The standard InChI is InChI=1S/C13H25N3OS/c1-10(2)6-16-13(14-9-15-16)5-12(17)8-18-7-11(3)4/h9-12,17H,5-8H2,1-4H3. The summed E-state index contributed by atoms with van der Waals surface area (Å²) < 4.78 is 1.90. The van der Waals surface area contributed by atoms with Gasteiger partial charge in [-0.05, 0) is 17.6 Å². The first-order chi connectivity index (χ1) is 8.49. The first-order valence-electron chi connectivity index (χ1n) is 6.61. The molecular weight excluding hydrogens is 246 g/mol. The third-order valence-electron chi connectivity index (χ3n) is 2.41. The summed E-state index contributed by atoms with van der Waals surface area (Å²) in [6.45, 7) is 9.55. The topological polar surface area (TPSA) is 50.9 Å². The molecule has 1 atom stereocenters. The highest BCUT2D eigenvalue weighted by molar-refractivity contribution is 7.99. The van der Waals surface area contributed by atoms with Gasteiger partial charge in [-0.2, -0.15) is 16.9 Å². The molecule has 0 aliphatic carbocycles. The normalized spacial score (nSPS) is 13.5. The molecule has 1 aromatic rings. The van der Waals surface area contributed by atoms with Gasteiger partial charge < -0.3 is 5.11 Å². The number of aromatic nitrogens is 3. The van der Waals surface area contributed by atoms with Gasteiger partial charge in [0.15, 0.2) is 0 Å². The van der Waals surface area contributed by atoms with Crippen molar-refractivity contribution >= 4 is 11.8 Å². The maximum absolute atomic E-state index is 9.99. The Hall–Kier alpha value is -0.550. The Morgan fingerprint density at radius 1 is 1.22 bits per heavy atom. The monoisotopic (exact) mass is 271 g/mol. The highest BCUT2D eigenvalue weighted by Crippen LogP contribution is 2.11. The summed E-state index contributed by atoms with van der Waals surface area (Å²) in [5.41, 5.74) is 0. The predicted octanol–water partition coefficient (Wildman–Crippen LogP) is 2.23. The smallest absolute Gasteiger partial charge is 0.138 e. The maximum Gasteiger partial charge on any atom is 0.138 e. The molecule has 0 aliphatic heterocycles. The van der Waals surface area contributed by atoms with Crippen LogP contribution in [0, 0.1) is 11.8 Å². The molecule has 1 unspecified atom stereocenters. The van der Waals surface area contributed by atoms with Crippen molar-refractivity contribution in [2.45, 2.75) is 46.8 Å². The zero-order chi connectivity index (χ0) is 13.5. The van der Waals surface area contributed by atoms with Crippen molar-refractivity contribution in [1.82, 2.24) is 14.8 Å². The molecule has 0 fully saturated rings. The minimum Gasteiger partial charge on any atom is -0.392 e. The van der Waals surface area contributed by atoms with Crippen LogP contribution in [0.15, 0.2) is 6.33 Å². The van der Waals surface area contributed by atoms with Gasteiger partial charge in [-0.15, -0.1) is 0 Å². The number of thioether (sulfide) groups is 1. The molecule has 4 nitrogen and oxygen atoms in total. The van der Waals surface area contributed by atoms with E-state index in [1.165, 1.54) is 0 Å². The van der Waals surface area contributed by atoms with Gasteiger partial charge >= 0.3 is 0 Å². The van der Waals surface area contributed by atoms with Gasteiger partial charge in [0, 0.05) is 18.7 Å². The lowest BCUT2D eigenvalue weighted by Crippen LogP contribution is -2.19. The van der Waals surface area contributed by atoms with Crippen molar-refractivity contribution in [3.8, 4) is 0 Å². The first-order valence-corrected chi connectivity index (χ1v) is 7.77. The van der Waals surface area contributed by atoms with Crippen molar-refractivity contribution in [2.24, 2.45) is 11.8 Å². The average Bonchev–Trinajstić information content (AvgIpc) is 2.64. The van der Waals surface area contributed by atoms with Gasteiger partial charge in [-0.25, -0.2) is 9.67 Å². The molecular formula is C13H25N3OS. The van der Waals surface area contributed by atoms with E-state index >= 15 is 0 Å². The molecule has 1 rings (SSSR count). The highest BCUT2D eigenvalue weighted by Gasteiger charge is 2.12. The van der Waals surface area contributed by atoms with Gasteiger partial charge in [-0.3, -0.25) is 0 Å². The molecule has 0 radical (unpaired) electrons. The van der Waals surface area contributed by atoms with Crippen LogP contribution in [0.25, 0.3) is 0 Å². The van der Waals surface area contributed by atoms with E-state index in [0.29, 0.717) is 18.3 Å². The van der Waals surface area contributed by atoms with E-state index in [1.54, 1.807) is 18.1 Å². The van der Waals surface area contributed by atoms with E-state index in [-0.39, 0.29) is 6.10 Å². The van der Waals surface area contributed by atoms with E-state index in [9.17, 15) is 5.11 Å². The molecule has 5 heteroatoms. The van der Waals surface area contributed by atoms with Crippen molar-refractivity contribution in [3.05, 3.63) is 12.2 Å². The number of hydrogen-bond donors (Lipinski definition) is 1. The van der Waals surface area contributed by atoms with Gasteiger partial charge in [0.2, 0.25) is 0 Å². The van der Waals surface area contributed by atoms with Gasteiger partial charge in [-0.1, -0.05) is 27.7 Å². The third-order valence-corrected chi connectivity index (χ3v) is 3.94. The van der Waals surface area contributed by atoms with E-state index in [1.807, 2.05) is 4.68 Å². The summed E-state index contributed by atoms with van der Waals surface area (Å²) >= 11 is 1.80. The minimum atomic E-state index is -0.330. The summed E-state index contributed by atoms with van der Waals surface area (Å²) in [6.07, 6.45) is 1.84. The summed E-state index contributed by atoms with van der Waals surface area (Å²) in [6, 6.07) is 0. The molecule has 104 valence electrons. The molecule has 1 heterocycles. The molecule has 0 bridgehead atoms. The summed E-state index contributed by atoms with van der Waals surface area (Å²) in [7, 11) is 0. The van der Waals surface area contributed by atoms with Crippen LogP contribution in [0.4, 0.5) is 0 Å². The highest BCUT2D eigenvalue weighted by atomic mass is 32.2. The van der Waals surface area contributed by atoms with Crippen LogP contribution in [0.3, 0.4) is 0 Å². The first kappa shape index (κ1) is 15.5. The average molecular weight is 271 g/mol. The molecule has 18 heavy (non-hydrogen) atoms. The Bertz CT molecular complexity index is 339. The fourth-order valence-corrected chi connectivity index (χ4v) is 2.65. The molecule has 1 aromatic heterocycles. The Balaban J connectivity index is 2.39. The van der Waals surface area contributed by atoms with Crippen LogP contribution in [0.1, 0.15) is 33.5 Å². The maximum atomic E-state index is 9.99. The Kier molecular flexibility index (Phi) is 6.71. The fourth-order valence-electron chi connectivity index (χ4n) is 1.65. The van der Waals surface area contributed by atoms with E-state index in [4.69, 9.17) is 0 Å². The van der Waals surface area contributed by atoms with Gasteiger partial charge in [0.1, 0.15) is 12.2 Å². The Morgan fingerprint density at radius 3 is 2.56 bits per heavy atom. The molecule has 0 saturated heterocycles. The van der Waals surface area contributed by atoms with Crippen LogP contribution < -0.4 is 0 Å². The molecule has 0 spiro atoms. The summed E-state index contributed by atoms with van der Waals surface area (Å²) in [4.78, 5) is 4.24. The zero-order valence-electron chi connectivity index (χ0n) is 11.8. The van der Waals surface area contributed by atoms with Crippen LogP contribution in [-0.2, 0) is 13.0 Å². The lowest BCUT2D eigenvalue weighted by molar-refractivity contribution is 0.195. The minimum absolute atomic E-state index is 0.330.